The van der Waals surface area contributed by atoms with Crippen molar-refractivity contribution in [2.45, 2.75) is 13.8 Å². The molecule has 0 fully saturated rings. The Morgan fingerprint density at radius 1 is 1.57 bits per heavy atom. The van der Waals surface area contributed by atoms with E-state index in [1.54, 1.807) is 11.3 Å². The molecule has 0 saturated heterocycles. The monoisotopic (exact) mass is 226 g/mol. The highest BCUT2D eigenvalue weighted by atomic mass is 35.5. The summed E-state index contributed by atoms with van der Waals surface area (Å²) in [6, 6.07) is 0. The van der Waals surface area contributed by atoms with Crippen LogP contribution in [0.15, 0.2) is 12.3 Å². The first kappa shape index (κ1) is 9.74. The Hall–Kier alpha value is -0.800. The van der Waals surface area contributed by atoms with Crippen molar-refractivity contribution in [2.24, 2.45) is 0 Å². The van der Waals surface area contributed by atoms with Crippen molar-refractivity contribution in [1.29, 1.82) is 0 Å². The first-order valence-electron chi connectivity index (χ1n) is 4.40. The van der Waals surface area contributed by atoms with Gasteiger partial charge in [-0.1, -0.05) is 6.08 Å². The molecule has 2 rings (SSSR count). The van der Waals surface area contributed by atoms with E-state index >= 15 is 0 Å². The van der Waals surface area contributed by atoms with Crippen LogP contribution in [-0.4, -0.2) is 15.3 Å². The Kier molecular flexibility index (Phi) is 2.61. The molecule has 2 nitrogen and oxygen atoms in total. The molecule has 14 heavy (non-hydrogen) atoms. The molecule has 0 aliphatic carbocycles. The second-order valence-corrected chi connectivity index (χ2v) is 4.66. The third-order valence-electron chi connectivity index (χ3n) is 2.03. The number of aryl methyl sites for hydroxylation is 2. The minimum atomic E-state index is 0.537. The summed E-state index contributed by atoms with van der Waals surface area (Å²) >= 11 is 7.32. The lowest BCUT2D eigenvalue weighted by atomic mass is 10.3. The van der Waals surface area contributed by atoms with E-state index in [2.05, 4.69) is 22.5 Å². The fourth-order valence-electron chi connectivity index (χ4n) is 1.44. The van der Waals surface area contributed by atoms with Crippen molar-refractivity contribution in [2.75, 3.05) is 5.88 Å². The highest BCUT2D eigenvalue weighted by Gasteiger charge is 2.07. The van der Waals surface area contributed by atoms with E-state index in [0.717, 1.165) is 16.3 Å². The van der Waals surface area contributed by atoms with Gasteiger partial charge in [0.2, 0.25) is 0 Å². The number of aromatic nitrogens is 2. The van der Waals surface area contributed by atoms with Crippen LogP contribution < -0.4 is 0 Å². The van der Waals surface area contributed by atoms with Gasteiger partial charge in [-0.2, -0.15) is 0 Å². The van der Waals surface area contributed by atoms with Crippen LogP contribution in [0, 0.1) is 13.8 Å². The van der Waals surface area contributed by atoms with Gasteiger partial charge in [-0.05, 0) is 19.9 Å². The summed E-state index contributed by atoms with van der Waals surface area (Å²) in [7, 11) is 0. The Morgan fingerprint density at radius 3 is 3.07 bits per heavy atom. The summed E-state index contributed by atoms with van der Waals surface area (Å²) in [5.41, 5.74) is 2.18. The van der Waals surface area contributed by atoms with Crippen LogP contribution in [0.3, 0.4) is 0 Å². The van der Waals surface area contributed by atoms with E-state index in [1.165, 1.54) is 4.88 Å². The lowest BCUT2D eigenvalue weighted by Gasteiger charge is -1.91. The Balaban J connectivity index is 2.59. The van der Waals surface area contributed by atoms with E-state index in [0.29, 0.717) is 5.88 Å². The first-order valence-corrected chi connectivity index (χ1v) is 5.75. The lowest BCUT2D eigenvalue weighted by Crippen LogP contribution is -1.83. The fourth-order valence-corrected chi connectivity index (χ4v) is 2.41. The van der Waals surface area contributed by atoms with Crippen LogP contribution in [0.25, 0.3) is 11.0 Å². The zero-order valence-electron chi connectivity index (χ0n) is 8.12. The molecular weight excluding hydrogens is 216 g/mol. The lowest BCUT2D eigenvalue weighted by molar-refractivity contribution is 1.18. The number of alkyl halides is 1. The maximum absolute atomic E-state index is 5.61. The highest BCUT2D eigenvalue weighted by molar-refractivity contribution is 7.17. The largest absolute Gasteiger partial charge is 0.290 e. The number of rotatable bonds is 2. The van der Waals surface area contributed by atoms with Crippen molar-refractivity contribution in [3.63, 3.8) is 0 Å². The number of thiazole rings is 1. The molecule has 0 radical (unpaired) electrons. The molecule has 2 heterocycles. The molecule has 0 spiro atoms. The standard InChI is InChI=1S/C10H11ClN2S/c1-7-6-13-9(4-3-5-11)8(2)12-10(13)14-7/h3-4,6H,5H2,1-2H3/b4-3+. The van der Waals surface area contributed by atoms with Crippen molar-refractivity contribution in [1.82, 2.24) is 9.38 Å². The first-order chi connectivity index (χ1) is 6.72. The number of halogens is 1. The van der Waals surface area contributed by atoms with E-state index in [-0.39, 0.29) is 0 Å². The van der Waals surface area contributed by atoms with Gasteiger partial charge in [0.25, 0.3) is 0 Å². The quantitative estimate of drug-likeness (QED) is 0.719. The second kappa shape index (κ2) is 3.75. The normalized spacial score (nSPS) is 11.9. The van der Waals surface area contributed by atoms with Gasteiger partial charge >= 0.3 is 0 Å². The number of hydrogen-bond acceptors (Lipinski definition) is 2. The smallest absolute Gasteiger partial charge is 0.194 e. The molecule has 4 heteroatoms. The van der Waals surface area contributed by atoms with Gasteiger partial charge in [-0.25, -0.2) is 4.98 Å². The summed E-state index contributed by atoms with van der Waals surface area (Å²) < 4.78 is 2.11. The van der Waals surface area contributed by atoms with Crippen molar-refractivity contribution < 1.29 is 0 Å². The van der Waals surface area contributed by atoms with Crippen LogP contribution in [-0.2, 0) is 0 Å². The minimum absolute atomic E-state index is 0.537. The van der Waals surface area contributed by atoms with Crippen LogP contribution in [0.4, 0.5) is 0 Å². The molecule has 74 valence electrons. The summed E-state index contributed by atoms with van der Waals surface area (Å²) in [5, 5.41) is 0. The molecule has 0 aromatic carbocycles. The predicted molar refractivity (Wildman–Crippen MR) is 62.3 cm³/mol. The van der Waals surface area contributed by atoms with E-state index in [4.69, 9.17) is 11.6 Å². The zero-order valence-corrected chi connectivity index (χ0v) is 9.69. The summed E-state index contributed by atoms with van der Waals surface area (Å²) in [4.78, 5) is 6.80. The Bertz CT molecular complexity index is 481. The topological polar surface area (TPSA) is 17.3 Å². The number of fused-ring (bicyclic) bond motifs is 1. The number of hydrogen-bond donors (Lipinski definition) is 0. The van der Waals surface area contributed by atoms with Crippen LogP contribution in [0.1, 0.15) is 16.3 Å². The van der Waals surface area contributed by atoms with Crippen LogP contribution in [0.5, 0.6) is 0 Å². The molecular formula is C10H11ClN2S. The average molecular weight is 227 g/mol. The third-order valence-corrected chi connectivity index (χ3v) is 3.10. The Labute approximate surface area is 91.8 Å². The second-order valence-electron chi connectivity index (χ2n) is 3.13. The molecule has 2 aromatic rings. The molecule has 0 saturated carbocycles. The van der Waals surface area contributed by atoms with Gasteiger partial charge in [0.1, 0.15) is 0 Å². The zero-order chi connectivity index (χ0) is 10.1. The van der Waals surface area contributed by atoms with Crippen LogP contribution >= 0.6 is 22.9 Å². The van der Waals surface area contributed by atoms with Gasteiger partial charge in [0.05, 0.1) is 11.4 Å². The maximum Gasteiger partial charge on any atom is 0.194 e. The molecule has 0 atom stereocenters. The highest BCUT2D eigenvalue weighted by Crippen LogP contribution is 2.21. The van der Waals surface area contributed by atoms with E-state index in [9.17, 15) is 0 Å². The Morgan fingerprint density at radius 2 is 2.36 bits per heavy atom. The van der Waals surface area contributed by atoms with Crippen molar-refractivity contribution in [3.8, 4) is 0 Å². The fraction of sp³-hybridized carbons (Fsp3) is 0.300. The van der Waals surface area contributed by atoms with E-state index < -0.39 is 0 Å². The third kappa shape index (κ3) is 1.57. The number of imidazole rings is 1. The number of nitrogens with zero attached hydrogens (tertiary/aromatic N) is 2. The van der Waals surface area contributed by atoms with Gasteiger partial charge in [0, 0.05) is 17.0 Å². The molecule has 0 aliphatic heterocycles. The molecule has 0 aliphatic rings. The average Bonchev–Trinajstić information content (AvgIpc) is 2.58. The van der Waals surface area contributed by atoms with Gasteiger partial charge in [0.15, 0.2) is 4.96 Å². The maximum atomic E-state index is 5.61. The van der Waals surface area contributed by atoms with Gasteiger partial charge in [-0.15, -0.1) is 22.9 Å². The van der Waals surface area contributed by atoms with E-state index in [1.807, 2.05) is 19.1 Å². The molecule has 0 bridgehead atoms. The molecule has 0 unspecified atom stereocenters. The minimum Gasteiger partial charge on any atom is -0.290 e. The van der Waals surface area contributed by atoms with Crippen molar-refractivity contribution >= 4 is 34.0 Å². The summed E-state index contributed by atoms with van der Waals surface area (Å²) in [6.45, 7) is 4.10. The molecule has 0 N–H and O–H groups in total. The predicted octanol–water partition coefficient (Wildman–Crippen LogP) is 3.26. The summed E-state index contributed by atoms with van der Waals surface area (Å²) in [6.07, 6.45) is 6.06. The molecule has 0 amide bonds. The van der Waals surface area contributed by atoms with Crippen LogP contribution in [0.2, 0.25) is 0 Å². The molecule has 2 aromatic heterocycles. The summed E-state index contributed by atoms with van der Waals surface area (Å²) in [5.74, 6) is 0.537. The van der Waals surface area contributed by atoms with Crippen molar-refractivity contribution in [3.05, 3.63) is 28.5 Å². The number of allylic oxidation sites excluding steroid dienone is 1. The van der Waals surface area contributed by atoms with Gasteiger partial charge in [-0.3, -0.25) is 4.40 Å². The van der Waals surface area contributed by atoms with Gasteiger partial charge < -0.3 is 0 Å². The SMILES string of the molecule is Cc1cn2c(/C=C/CCl)c(C)nc2s1.